The predicted octanol–water partition coefficient (Wildman–Crippen LogP) is 3.69. The highest BCUT2D eigenvalue weighted by Crippen LogP contribution is 2.40. The van der Waals surface area contributed by atoms with E-state index in [9.17, 15) is 14.4 Å². The number of halogens is 1. The summed E-state index contributed by atoms with van der Waals surface area (Å²) >= 11 is 0. The molecular weight excluding hydrogens is 475 g/mol. The predicted molar refractivity (Wildman–Crippen MR) is 125 cm³/mol. The number of ether oxygens (including phenoxy) is 4. The molecule has 36 heavy (non-hydrogen) atoms. The smallest absolute Gasteiger partial charge is 0.416 e. The van der Waals surface area contributed by atoms with Gasteiger partial charge in [-0.1, -0.05) is 12.7 Å². The van der Waals surface area contributed by atoms with Gasteiger partial charge in [-0.05, 0) is 44.6 Å². The number of amides is 2. The number of hydrogen-bond acceptors (Lipinski definition) is 7. The van der Waals surface area contributed by atoms with Crippen molar-refractivity contribution in [3.63, 3.8) is 0 Å². The van der Waals surface area contributed by atoms with E-state index in [1.807, 2.05) is 0 Å². The first-order valence-electron chi connectivity index (χ1n) is 12.2. The first-order chi connectivity index (χ1) is 17.4. The molecule has 10 nitrogen and oxygen atoms in total. The maximum atomic E-state index is 15.0. The average molecular weight is 507 g/mol. The summed E-state index contributed by atoms with van der Waals surface area (Å²) in [6.45, 7) is 4.43. The summed E-state index contributed by atoms with van der Waals surface area (Å²) in [7, 11) is 0. The summed E-state index contributed by atoms with van der Waals surface area (Å²) < 4.78 is 37.9. The van der Waals surface area contributed by atoms with Crippen LogP contribution in [0.3, 0.4) is 0 Å². The summed E-state index contributed by atoms with van der Waals surface area (Å²) in [6.07, 6.45) is 2.93. The molecule has 11 heteroatoms. The average Bonchev–Trinajstić information content (AvgIpc) is 3.33. The number of aliphatic carboxylic acids is 1. The van der Waals surface area contributed by atoms with Crippen LogP contribution < -0.4 is 9.64 Å². The van der Waals surface area contributed by atoms with Crippen molar-refractivity contribution in [1.29, 1.82) is 0 Å². The second-order valence-corrected chi connectivity index (χ2v) is 8.91. The van der Waals surface area contributed by atoms with Gasteiger partial charge in [-0.15, -0.1) is 0 Å². The van der Waals surface area contributed by atoms with Crippen molar-refractivity contribution < 1.29 is 42.8 Å². The van der Waals surface area contributed by atoms with Crippen LogP contribution >= 0.6 is 0 Å². The molecule has 0 saturated carbocycles. The molecule has 2 fully saturated rings. The topological polar surface area (TPSA) is 115 Å². The number of carbonyl (C=O) groups excluding carboxylic acids is 2. The highest BCUT2D eigenvalue weighted by atomic mass is 19.1. The Morgan fingerprint density at radius 3 is 2.81 bits per heavy atom. The lowest BCUT2D eigenvalue weighted by molar-refractivity contribution is -0.195. The van der Waals surface area contributed by atoms with Crippen LogP contribution in [0.2, 0.25) is 0 Å². The van der Waals surface area contributed by atoms with Crippen LogP contribution in [0.25, 0.3) is 0 Å². The summed E-state index contributed by atoms with van der Waals surface area (Å²) in [6, 6.07) is 1.85. The summed E-state index contributed by atoms with van der Waals surface area (Å²) in [5, 5.41) is 8.83. The number of hydrogen-bond donors (Lipinski definition) is 1. The minimum Gasteiger partial charge on any atom is -0.490 e. The van der Waals surface area contributed by atoms with Crippen molar-refractivity contribution in [2.45, 2.75) is 63.5 Å². The van der Waals surface area contributed by atoms with Gasteiger partial charge in [0.15, 0.2) is 24.1 Å². The molecular formula is C25H31FN2O8. The molecule has 1 aromatic rings. The van der Waals surface area contributed by atoms with Gasteiger partial charge in [-0.3, -0.25) is 9.59 Å². The molecule has 2 unspecified atom stereocenters. The van der Waals surface area contributed by atoms with Crippen LogP contribution in [0.15, 0.2) is 24.8 Å². The third-order valence-corrected chi connectivity index (χ3v) is 6.43. The molecule has 0 radical (unpaired) electrons. The van der Waals surface area contributed by atoms with E-state index in [4.69, 9.17) is 24.1 Å². The molecule has 1 aromatic carbocycles. The quantitative estimate of drug-likeness (QED) is 0.398. The van der Waals surface area contributed by atoms with E-state index < -0.39 is 42.3 Å². The highest BCUT2D eigenvalue weighted by molar-refractivity contribution is 6.05. The second-order valence-electron chi connectivity index (χ2n) is 8.91. The van der Waals surface area contributed by atoms with E-state index in [1.165, 1.54) is 17.0 Å². The van der Waals surface area contributed by atoms with Crippen molar-refractivity contribution in [2.75, 3.05) is 31.3 Å². The van der Waals surface area contributed by atoms with Crippen LogP contribution in [0, 0.1) is 5.82 Å². The van der Waals surface area contributed by atoms with Gasteiger partial charge in [0.1, 0.15) is 6.61 Å². The largest absolute Gasteiger partial charge is 0.490 e. The number of carboxylic acid groups (broad SMARTS) is 1. The number of carboxylic acids is 1. The van der Waals surface area contributed by atoms with E-state index in [0.29, 0.717) is 32.4 Å². The summed E-state index contributed by atoms with van der Waals surface area (Å²) in [5.41, 5.74) is 0.0856. The Labute approximate surface area is 208 Å². The Bertz CT molecular complexity index is 997. The van der Waals surface area contributed by atoms with Crippen molar-refractivity contribution in [2.24, 2.45) is 0 Å². The Balaban J connectivity index is 1.74. The zero-order valence-electron chi connectivity index (χ0n) is 20.0. The van der Waals surface area contributed by atoms with Crippen molar-refractivity contribution >= 4 is 23.7 Å². The molecule has 3 aliphatic heterocycles. The Hall–Kier alpha value is -3.18. The fourth-order valence-corrected chi connectivity index (χ4v) is 4.76. The number of rotatable bonds is 9. The molecule has 0 spiro atoms. The minimum absolute atomic E-state index is 0.0106. The number of fused-ring (bicyclic) bond motifs is 2. The standard InChI is InChI=1S/C25H31FN2O8/c1-2-11-35-25(32)28-19-15-20(33-13-6-8-21(29)30)17(26)14-16(19)23(31)27-10-5-7-18(27)24(28)36-22-9-3-4-12-34-22/h2,14-15,18,22,24H,1,3-13H2,(H,29,30)/t18-,22?,24?/m0/s1. The first-order valence-corrected chi connectivity index (χ1v) is 12.2. The third kappa shape index (κ3) is 5.62. The van der Waals surface area contributed by atoms with Gasteiger partial charge in [-0.2, -0.15) is 0 Å². The fourth-order valence-electron chi connectivity index (χ4n) is 4.76. The van der Waals surface area contributed by atoms with Crippen molar-refractivity contribution in [1.82, 2.24) is 4.90 Å². The lowest BCUT2D eigenvalue weighted by Gasteiger charge is -2.38. The third-order valence-electron chi connectivity index (χ3n) is 6.43. The van der Waals surface area contributed by atoms with Crippen LogP contribution in [0.5, 0.6) is 5.75 Å². The van der Waals surface area contributed by atoms with E-state index in [-0.39, 0.29) is 43.1 Å². The van der Waals surface area contributed by atoms with E-state index in [0.717, 1.165) is 18.9 Å². The maximum absolute atomic E-state index is 15.0. The number of carbonyl (C=O) groups is 3. The lowest BCUT2D eigenvalue weighted by atomic mass is 10.1. The van der Waals surface area contributed by atoms with Gasteiger partial charge >= 0.3 is 12.1 Å². The molecule has 0 aliphatic carbocycles. The normalized spacial score (nSPS) is 23.5. The molecule has 0 aromatic heterocycles. The summed E-state index contributed by atoms with van der Waals surface area (Å²) in [5.74, 6) is -2.40. The zero-order chi connectivity index (χ0) is 25.7. The SMILES string of the molecule is C=CCOC(=O)N1c2cc(OCCCC(=O)O)c(F)cc2C(=O)N2CCC[C@H]2C1OC1CCCCO1. The Kier molecular flexibility index (Phi) is 8.42. The van der Waals surface area contributed by atoms with E-state index >= 15 is 4.39 Å². The molecule has 196 valence electrons. The number of benzene rings is 1. The lowest BCUT2D eigenvalue weighted by Crippen LogP contribution is -2.54. The van der Waals surface area contributed by atoms with Crippen LogP contribution in [-0.4, -0.2) is 72.9 Å². The molecule has 2 saturated heterocycles. The van der Waals surface area contributed by atoms with Gasteiger partial charge in [0, 0.05) is 25.6 Å². The maximum Gasteiger partial charge on any atom is 0.416 e. The fraction of sp³-hybridized carbons (Fsp3) is 0.560. The minimum atomic E-state index is -0.992. The Morgan fingerprint density at radius 1 is 1.25 bits per heavy atom. The van der Waals surface area contributed by atoms with Crippen molar-refractivity contribution in [3.05, 3.63) is 36.2 Å². The molecule has 4 rings (SSSR count). The number of anilines is 1. The Morgan fingerprint density at radius 2 is 2.08 bits per heavy atom. The second kappa shape index (κ2) is 11.7. The highest BCUT2D eigenvalue weighted by Gasteiger charge is 2.47. The van der Waals surface area contributed by atoms with Gasteiger partial charge in [0.25, 0.3) is 5.91 Å². The van der Waals surface area contributed by atoms with Gasteiger partial charge in [0.05, 0.1) is 23.9 Å². The van der Waals surface area contributed by atoms with Crippen LogP contribution in [0.4, 0.5) is 14.9 Å². The van der Waals surface area contributed by atoms with E-state index in [1.54, 1.807) is 4.90 Å². The van der Waals surface area contributed by atoms with Gasteiger partial charge in [0.2, 0.25) is 0 Å². The first kappa shape index (κ1) is 25.9. The molecule has 1 N–H and O–H groups in total. The molecule has 3 heterocycles. The molecule has 3 atom stereocenters. The molecule has 0 bridgehead atoms. The van der Waals surface area contributed by atoms with Crippen LogP contribution in [0.1, 0.15) is 55.3 Å². The van der Waals surface area contributed by atoms with Crippen LogP contribution in [-0.2, 0) is 19.0 Å². The molecule has 3 aliphatic rings. The zero-order valence-corrected chi connectivity index (χ0v) is 20.0. The van der Waals surface area contributed by atoms with Gasteiger partial charge in [-0.25, -0.2) is 14.1 Å². The summed E-state index contributed by atoms with van der Waals surface area (Å²) in [4.78, 5) is 40.5. The molecule has 2 amide bonds. The van der Waals surface area contributed by atoms with E-state index in [2.05, 4.69) is 6.58 Å². The van der Waals surface area contributed by atoms with Crippen molar-refractivity contribution in [3.8, 4) is 5.75 Å². The number of nitrogens with zero attached hydrogens (tertiary/aromatic N) is 2. The monoisotopic (exact) mass is 506 g/mol. The van der Waals surface area contributed by atoms with Gasteiger partial charge < -0.3 is 29.0 Å².